The number of benzene rings is 1. The summed E-state index contributed by atoms with van der Waals surface area (Å²) < 4.78 is 5.92. The van der Waals surface area contributed by atoms with E-state index in [4.69, 9.17) is 21.4 Å². The van der Waals surface area contributed by atoms with Crippen LogP contribution in [0.5, 0.6) is 5.75 Å². The molecular formula is C21H32ClNO3. The lowest BCUT2D eigenvalue weighted by atomic mass is 9.81. The van der Waals surface area contributed by atoms with E-state index < -0.39 is 0 Å². The first-order valence-corrected chi connectivity index (χ1v) is 10.1. The highest BCUT2D eigenvalue weighted by atomic mass is 35.5. The molecule has 2 N–H and O–H groups in total. The molecule has 0 unspecified atom stereocenters. The molecule has 1 aromatic rings. The molecule has 1 aromatic carbocycles. The van der Waals surface area contributed by atoms with Gasteiger partial charge < -0.3 is 15.2 Å². The van der Waals surface area contributed by atoms with Gasteiger partial charge in [0.2, 0.25) is 5.91 Å². The van der Waals surface area contributed by atoms with Gasteiger partial charge in [0, 0.05) is 18.1 Å². The highest BCUT2D eigenvalue weighted by Crippen LogP contribution is 2.35. The lowest BCUT2D eigenvalue weighted by Gasteiger charge is -2.36. The number of hydrogen-bond acceptors (Lipinski definition) is 3. The second-order valence-electron chi connectivity index (χ2n) is 7.78. The number of aliphatic hydroxyl groups excluding tert-OH is 1. The van der Waals surface area contributed by atoms with Crippen LogP contribution in [-0.4, -0.2) is 29.3 Å². The Bertz CT molecular complexity index is 576. The summed E-state index contributed by atoms with van der Waals surface area (Å²) in [4.78, 5) is 12.2. The zero-order valence-corrected chi connectivity index (χ0v) is 16.9. The lowest BCUT2D eigenvalue weighted by molar-refractivity contribution is -0.131. The summed E-state index contributed by atoms with van der Waals surface area (Å²) in [5.41, 5.74) is 1.13. The molecule has 2 aliphatic carbocycles. The predicted molar refractivity (Wildman–Crippen MR) is 106 cm³/mol. The van der Waals surface area contributed by atoms with Gasteiger partial charge in [-0.3, -0.25) is 4.79 Å². The van der Waals surface area contributed by atoms with Crippen molar-refractivity contribution < 1.29 is 14.6 Å². The Morgan fingerprint density at radius 3 is 2.46 bits per heavy atom. The van der Waals surface area contributed by atoms with E-state index in [2.05, 4.69) is 5.32 Å². The molecule has 0 aromatic heterocycles. The van der Waals surface area contributed by atoms with E-state index in [1.54, 1.807) is 13.8 Å². The fourth-order valence-corrected chi connectivity index (χ4v) is 3.48. The van der Waals surface area contributed by atoms with Crippen molar-refractivity contribution in [3.63, 3.8) is 0 Å². The molecule has 2 fully saturated rings. The van der Waals surface area contributed by atoms with Crippen molar-refractivity contribution in [3.05, 3.63) is 28.8 Å². The summed E-state index contributed by atoms with van der Waals surface area (Å²) in [5, 5.41) is 11.9. The van der Waals surface area contributed by atoms with Crippen molar-refractivity contribution in [1.29, 1.82) is 0 Å². The molecular weight excluding hydrogens is 350 g/mol. The summed E-state index contributed by atoms with van der Waals surface area (Å²) in [7, 11) is 0. The number of carbonyl (C=O) groups is 1. The molecule has 0 bridgehead atoms. The zero-order valence-electron chi connectivity index (χ0n) is 16.1. The summed E-state index contributed by atoms with van der Waals surface area (Å²) in [6.07, 6.45) is 7.60. The molecule has 0 spiro atoms. The van der Waals surface area contributed by atoms with Crippen LogP contribution in [0.25, 0.3) is 0 Å². The predicted octanol–water partition coefficient (Wildman–Crippen LogP) is 4.64. The molecule has 0 radical (unpaired) electrons. The molecule has 2 aliphatic rings. The van der Waals surface area contributed by atoms with Crippen LogP contribution in [0.3, 0.4) is 0 Å². The standard InChI is InChI=1S/C18H24ClNO2.C3H8O/c1-12-7-8-16(19)17(9-12)22-15-10-13(11-15)18(21)20-14-5-3-2-4-6-14;1-3(2)4/h7-9,13-15H,2-6,10-11H2,1H3,(H,20,21);3-4H,1-2H3. The van der Waals surface area contributed by atoms with Gasteiger partial charge in [0.1, 0.15) is 11.9 Å². The van der Waals surface area contributed by atoms with Crippen LogP contribution < -0.4 is 10.1 Å². The van der Waals surface area contributed by atoms with Crippen LogP contribution in [0, 0.1) is 12.8 Å². The van der Waals surface area contributed by atoms with Crippen molar-refractivity contribution >= 4 is 17.5 Å². The smallest absolute Gasteiger partial charge is 0.223 e. The molecule has 0 aliphatic heterocycles. The maximum Gasteiger partial charge on any atom is 0.223 e. The van der Waals surface area contributed by atoms with E-state index in [1.165, 1.54) is 19.3 Å². The molecule has 0 atom stereocenters. The first kappa shape index (κ1) is 21.0. The Balaban J connectivity index is 0.000000552. The van der Waals surface area contributed by atoms with Crippen molar-refractivity contribution in [2.45, 2.75) is 84.0 Å². The number of rotatable bonds is 4. The Morgan fingerprint density at radius 2 is 1.85 bits per heavy atom. The fraction of sp³-hybridized carbons (Fsp3) is 0.667. The van der Waals surface area contributed by atoms with Crippen LogP contribution in [0.4, 0.5) is 0 Å². The van der Waals surface area contributed by atoms with E-state index >= 15 is 0 Å². The van der Waals surface area contributed by atoms with E-state index in [0.29, 0.717) is 11.1 Å². The molecule has 4 nitrogen and oxygen atoms in total. The Kier molecular flexibility index (Phi) is 8.23. The SMILES string of the molecule is CC(C)O.Cc1ccc(Cl)c(OC2CC(C(=O)NC3CCCCC3)C2)c1. The second kappa shape index (κ2) is 10.2. The summed E-state index contributed by atoms with van der Waals surface area (Å²) in [6, 6.07) is 6.18. The van der Waals surface area contributed by atoms with Gasteiger partial charge in [-0.05, 0) is 64.2 Å². The number of ether oxygens (including phenoxy) is 1. The number of amides is 1. The Hall–Kier alpha value is -1.26. The third kappa shape index (κ3) is 6.81. The van der Waals surface area contributed by atoms with Crippen LogP contribution in [-0.2, 0) is 4.79 Å². The Morgan fingerprint density at radius 1 is 1.23 bits per heavy atom. The number of halogens is 1. The first-order chi connectivity index (χ1) is 12.3. The van der Waals surface area contributed by atoms with E-state index in [0.717, 1.165) is 37.0 Å². The van der Waals surface area contributed by atoms with Gasteiger partial charge in [0.05, 0.1) is 5.02 Å². The number of aliphatic hydroxyl groups is 1. The molecule has 3 rings (SSSR count). The number of hydrogen-bond donors (Lipinski definition) is 2. The normalized spacial score (nSPS) is 22.8. The zero-order chi connectivity index (χ0) is 19.1. The van der Waals surface area contributed by atoms with Crippen LogP contribution in [0.15, 0.2) is 18.2 Å². The van der Waals surface area contributed by atoms with Crippen molar-refractivity contribution in [2.24, 2.45) is 5.92 Å². The second-order valence-corrected chi connectivity index (χ2v) is 8.19. The Labute approximate surface area is 162 Å². The lowest BCUT2D eigenvalue weighted by Crippen LogP contribution is -2.47. The molecule has 146 valence electrons. The van der Waals surface area contributed by atoms with Crippen molar-refractivity contribution in [2.75, 3.05) is 0 Å². The topological polar surface area (TPSA) is 58.6 Å². The average Bonchev–Trinajstić information content (AvgIpc) is 2.54. The summed E-state index contributed by atoms with van der Waals surface area (Å²) >= 11 is 6.14. The van der Waals surface area contributed by atoms with Gasteiger partial charge in [-0.2, -0.15) is 0 Å². The van der Waals surface area contributed by atoms with E-state index in [-0.39, 0.29) is 24.0 Å². The molecule has 0 heterocycles. The van der Waals surface area contributed by atoms with Crippen molar-refractivity contribution in [1.82, 2.24) is 5.32 Å². The maximum absolute atomic E-state index is 12.2. The average molecular weight is 382 g/mol. The maximum atomic E-state index is 12.2. The highest BCUT2D eigenvalue weighted by molar-refractivity contribution is 6.32. The van der Waals surface area contributed by atoms with Crippen molar-refractivity contribution in [3.8, 4) is 5.75 Å². The van der Waals surface area contributed by atoms with Gasteiger partial charge >= 0.3 is 0 Å². The van der Waals surface area contributed by atoms with E-state index in [9.17, 15) is 4.79 Å². The van der Waals surface area contributed by atoms with Crippen LogP contribution in [0.2, 0.25) is 5.02 Å². The van der Waals surface area contributed by atoms with E-state index in [1.807, 2.05) is 25.1 Å². The summed E-state index contributed by atoms with van der Waals surface area (Å²) in [6.45, 7) is 5.46. The first-order valence-electron chi connectivity index (χ1n) is 9.76. The third-order valence-corrected chi connectivity index (χ3v) is 5.11. The van der Waals surface area contributed by atoms with Gasteiger partial charge in [-0.15, -0.1) is 0 Å². The number of carbonyl (C=O) groups excluding carboxylic acids is 1. The quantitative estimate of drug-likeness (QED) is 0.798. The van der Waals surface area contributed by atoms with Gasteiger partial charge in [0.15, 0.2) is 0 Å². The molecule has 1 amide bonds. The molecule has 5 heteroatoms. The molecule has 26 heavy (non-hydrogen) atoms. The number of aryl methyl sites for hydroxylation is 1. The number of nitrogens with one attached hydrogen (secondary N) is 1. The third-order valence-electron chi connectivity index (χ3n) is 4.80. The van der Waals surface area contributed by atoms with Gasteiger partial charge in [-0.25, -0.2) is 0 Å². The van der Waals surface area contributed by atoms with Crippen LogP contribution in [0.1, 0.15) is 64.4 Å². The summed E-state index contributed by atoms with van der Waals surface area (Å²) in [5.74, 6) is 1.05. The largest absolute Gasteiger partial charge is 0.489 e. The molecule has 2 saturated carbocycles. The highest BCUT2D eigenvalue weighted by Gasteiger charge is 2.37. The van der Waals surface area contributed by atoms with Gasteiger partial charge in [-0.1, -0.05) is 36.9 Å². The molecule has 0 saturated heterocycles. The minimum Gasteiger partial charge on any atom is -0.489 e. The fourth-order valence-electron chi connectivity index (χ4n) is 3.32. The minimum atomic E-state index is -0.167. The van der Waals surface area contributed by atoms with Gasteiger partial charge in [0.25, 0.3) is 0 Å². The minimum absolute atomic E-state index is 0.107. The van der Waals surface area contributed by atoms with Crippen LogP contribution >= 0.6 is 11.6 Å². The monoisotopic (exact) mass is 381 g/mol.